The maximum Gasteiger partial charge on any atom is 0.315 e. The van der Waals surface area contributed by atoms with Crippen molar-refractivity contribution >= 4 is 5.97 Å². The maximum atomic E-state index is 11.5. The molecule has 0 saturated heterocycles. The molecule has 0 radical (unpaired) electrons. The highest BCUT2D eigenvalue weighted by molar-refractivity contribution is 5.80. The van der Waals surface area contributed by atoms with E-state index in [0.29, 0.717) is 0 Å². The van der Waals surface area contributed by atoms with E-state index in [1.54, 1.807) is 0 Å². The van der Waals surface area contributed by atoms with Crippen molar-refractivity contribution in [2.75, 3.05) is 0 Å². The van der Waals surface area contributed by atoms with Crippen LogP contribution in [0.3, 0.4) is 0 Å². The molecule has 2 aromatic rings. The number of carbonyl (C=O) groups is 1. The Morgan fingerprint density at radius 1 is 1.00 bits per heavy atom. The fourth-order valence-electron chi connectivity index (χ4n) is 2.07. The van der Waals surface area contributed by atoms with Gasteiger partial charge < -0.3 is 5.11 Å². The largest absolute Gasteiger partial charge is 0.481 e. The minimum Gasteiger partial charge on any atom is -0.481 e. The number of carboxylic acids is 1. The van der Waals surface area contributed by atoms with Crippen molar-refractivity contribution < 1.29 is 9.90 Å². The van der Waals surface area contributed by atoms with Crippen LogP contribution < -0.4 is 0 Å². The Hall–Kier alpha value is -2.09. The molecule has 2 rings (SSSR count). The molecule has 18 heavy (non-hydrogen) atoms. The highest BCUT2D eigenvalue weighted by Crippen LogP contribution is 2.25. The molecule has 0 aromatic heterocycles. The summed E-state index contributed by atoms with van der Waals surface area (Å²) >= 11 is 0. The van der Waals surface area contributed by atoms with Crippen LogP contribution in [0.1, 0.15) is 29.5 Å². The predicted octanol–water partition coefficient (Wildman–Crippen LogP) is 3.47. The van der Waals surface area contributed by atoms with Gasteiger partial charge in [0.15, 0.2) is 0 Å². The molecule has 2 heteroatoms. The number of aliphatic carboxylic acids is 1. The Labute approximate surface area is 107 Å². The summed E-state index contributed by atoms with van der Waals surface area (Å²) in [5.41, 5.74) is 2.86. The first-order valence-corrected chi connectivity index (χ1v) is 6.09. The molecule has 0 aliphatic carbocycles. The van der Waals surface area contributed by atoms with Crippen LogP contribution in [-0.2, 0) is 11.2 Å². The predicted molar refractivity (Wildman–Crippen MR) is 71.7 cm³/mol. The van der Waals surface area contributed by atoms with E-state index in [-0.39, 0.29) is 0 Å². The van der Waals surface area contributed by atoms with Gasteiger partial charge in [-0.15, -0.1) is 0 Å². The lowest BCUT2D eigenvalue weighted by Crippen LogP contribution is -2.12. The summed E-state index contributed by atoms with van der Waals surface area (Å²) in [6.45, 7) is 2.08. The smallest absolute Gasteiger partial charge is 0.315 e. The van der Waals surface area contributed by atoms with Gasteiger partial charge >= 0.3 is 5.97 Å². The number of aryl methyl sites for hydroxylation is 1. The molecule has 1 unspecified atom stereocenters. The van der Waals surface area contributed by atoms with E-state index in [0.717, 1.165) is 17.5 Å². The van der Waals surface area contributed by atoms with Gasteiger partial charge in [0.25, 0.3) is 0 Å². The van der Waals surface area contributed by atoms with Crippen LogP contribution in [0.15, 0.2) is 54.6 Å². The molecule has 0 saturated carbocycles. The lowest BCUT2D eigenvalue weighted by molar-refractivity contribution is -0.137. The van der Waals surface area contributed by atoms with Crippen LogP contribution in [0.5, 0.6) is 0 Å². The maximum absolute atomic E-state index is 11.5. The van der Waals surface area contributed by atoms with Crippen molar-refractivity contribution in [1.29, 1.82) is 0 Å². The fourth-order valence-corrected chi connectivity index (χ4v) is 2.07. The van der Waals surface area contributed by atoms with Gasteiger partial charge in [0.05, 0.1) is 0 Å². The molecule has 1 N–H and O–H groups in total. The van der Waals surface area contributed by atoms with Gasteiger partial charge in [-0.3, -0.25) is 4.79 Å². The van der Waals surface area contributed by atoms with Crippen LogP contribution in [0.25, 0.3) is 0 Å². The van der Waals surface area contributed by atoms with Crippen LogP contribution >= 0.6 is 0 Å². The monoisotopic (exact) mass is 240 g/mol. The summed E-state index contributed by atoms with van der Waals surface area (Å²) < 4.78 is 0. The Morgan fingerprint density at radius 2 is 1.56 bits per heavy atom. The molecular formula is C16H16O2. The van der Waals surface area contributed by atoms with E-state index >= 15 is 0 Å². The lowest BCUT2D eigenvalue weighted by atomic mass is 9.91. The van der Waals surface area contributed by atoms with E-state index in [9.17, 15) is 9.90 Å². The second-order valence-electron chi connectivity index (χ2n) is 4.28. The molecular weight excluding hydrogens is 224 g/mol. The highest BCUT2D eigenvalue weighted by Gasteiger charge is 2.21. The van der Waals surface area contributed by atoms with E-state index in [1.807, 2.05) is 54.6 Å². The van der Waals surface area contributed by atoms with Crippen LogP contribution in [0.2, 0.25) is 0 Å². The molecule has 0 heterocycles. The van der Waals surface area contributed by atoms with Crippen molar-refractivity contribution in [3.63, 3.8) is 0 Å². The average Bonchev–Trinajstić information content (AvgIpc) is 2.40. The first kappa shape index (κ1) is 12.4. The highest BCUT2D eigenvalue weighted by atomic mass is 16.4. The molecule has 2 nitrogen and oxygen atoms in total. The van der Waals surface area contributed by atoms with Gasteiger partial charge in [-0.1, -0.05) is 61.5 Å². The van der Waals surface area contributed by atoms with Gasteiger partial charge in [-0.2, -0.15) is 0 Å². The molecule has 0 aliphatic rings. The Balaban J connectivity index is 2.39. The van der Waals surface area contributed by atoms with E-state index in [1.165, 1.54) is 5.56 Å². The van der Waals surface area contributed by atoms with E-state index in [4.69, 9.17) is 0 Å². The molecule has 92 valence electrons. The molecule has 0 amide bonds. The van der Waals surface area contributed by atoms with Gasteiger partial charge in [0, 0.05) is 0 Å². The Kier molecular flexibility index (Phi) is 3.78. The number of hydrogen-bond acceptors (Lipinski definition) is 1. The molecule has 1 atom stereocenters. The fraction of sp³-hybridized carbons (Fsp3) is 0.188. The summed E-state index contributed by atoms with van der Waals surface area (Å²) in [5.74, 6) is -1.40. The van der Waals surface area contributed by atoms with Crippen LogP contribution in [0.4, 0.5) is 0 Å². The summed E-state index contributed by atoms with van der Waals surface area (Å²) in [7, 11) is 0. The zero-order chi connectivity index (χ0) is 13.0. The number of benzene rings is 2. The third-order valence-corrected chi connectivity index (χ3v) is 3.10. The Morgan fingerprint density at radius 3 is 2.06 bits per heavy atom. The topological polar surface area (TPSA) is 37.3 Å². The molecule has 0 aliphatic heterocycles. The zero-order valence-electron chi connectivity index (χ0n) is 10.3. The number of carboxylic acid groups (broad SMARTS) is 1. The molecule has 2 aromatic carbocycles. The van der Waals surface area contributed by atoms with Gasteiger partial charge in [-0.05, 0) is 23.1 Å². The Bertz CT molecular complexity index is 515. The van der Waals surface area contributed by atoms with Crippen molar-refractivity contribution in [1.82, 2.24) is 0 Å². The van der Waals surface area contributed by atoms with Crippen molar-refractivity contribution in [3.8, 4) is 0 Å². The summed E-state index contributed by atoms with van der Waals surface area (Å²) in [6, 6.07) is 17.1. The molecule has 0 spiro atoms. The number of rotatable bonds is 4. The third kappa shape index (κ3) is 2.59. The van der Waals surface area contributed by atoms with Crippen molar-refractivity contribution in [3.05, 3.63) is 71.3 Å². The van der Waals surface area contributed by atoms with Gasteiger partial charge in [0.2, 0.25) is 0 Å². The standard InChI is InChI=1S/C16H16O2/c1-2-12-8-10-14(11-9-12)15(16(17)18)13-6-4-3-5-7-13/h3-11,15H,2H2,1H3,(H,17,18). The number of hydrogen-bond donors (Lipinski definition) is 1. The summed E-state index contributed by atoms with van der Waals surface area (Å²) in [4.78, 5) is 11.5. The quantitative estimate of drug-likeness (QED) is 0.888. The van der Waals surface area contributed by atoms with Gasteiger partial charge in [0.1, 0.15) is 5.92 Å². The minimum absolute atomic E-state index is 0.586. The first-order valence-electron chi connectivity index (χ1n) is 6.09. The second kappa shape index (κ2) is 5.50. The van der Waals surface area contributed by atoms with Crippen molar-refractivity contribution in [2.45, 2.75) is 19.3 Å². The second-order valence-corrected chi connectivity index (χ2v) is 4.28. The van der Waals surface area contributed by atoms with Crippen molar-refractivity contribution in [2.24, 2.45) is 0 Å². The average molecular weight is 240 g/mol. The van der Waals surface area contributed by atoms with E-state index in [2.05, 4.69) is 6.92 Å². The zero-order valence-corrected chi connectivity index (χ0v) is 10.3. The lowest BCUT2D eigenvalue weighted by Gasteiger charge is -2.13. The minimum atomic E-state index is -0.814. The SMILES string of the molecule is CCc1ccc(C(C(=O)O)c2ccccc2)cc1. The molecule has 0 fully saturated rings. The van der Waals surface area contributed by atoms with Gasteiger partial charge in [-0.25, -0.2) is 0 Å². The van der Waals surface area contributed by atoms with E-state index < -0.39 is 11.9 Å². The summed E-state index contributed by atoms with van der Waals surface area (Å²) in [5, 5.41) is 9.41. The third-order valence-electron chi connectivity index (χ3n) is 3.10. The summed E-state index contributed by atoms with van der Waals surface area (Å²) in [6.07, 6.45) is 0.962. The van der Waals surface area contributed by atoms with Crippen LogP contribution in [-0.4, -0.2) is 11.1 Å². The molecule has 0 bridgehead atoms. The normalized spacial score (nSPS) is 12.1. The first-order chi connectivity index (χ1) is 8.72. The van der Waals surface area contributed by atoms with Crippen LogP contribution in [0, 0.1) is 0 Å².